The van der Waals surface area contributed by atoms with Crippen LogP contribution in [0.15, 0.2) is 12.1 Å². The van der Waals surface area contributed by atoms with Gasteiger partial charge in [0.2, 0.25) is 5.88 Å². The first kappa shape index (κ1) is 11.8. The monoisotopic (exact) mass is 227 g/mol. The van der Waals surface area contributed by atoms with Crippen molar-refractivity contribution in [2.45, 2.75) is 12.8 Å². The Balaban J connectivity index is 3.09. The Hall–Kier alpha value is -2.28. The van der Waals surface area contributed by atoms with Crippen molar-refractivity contribution < 1.29 is 17.9 Å². The summed E-state index contributed by atoms with van der Waals surface area (Å²) < 4.78 is 39.4. The molecular formula is C9H4F3N3O. The maximum atomic E-state index is 11.9. The number of alkyl halides is 3. The summed E-state index contributed by atoms with van der Waals surface area (Å²) in [6, 6.07) is 5.67. The molecular weight excluding hydrogens is 223 g/mol. The van der Waals surface area contributed by atoms with Gasteiger partial charge >= 0.3 is 6.36 Å². The average Bonchev–Trinajstić information content (AvgIpc) is 2.16. The van der Waals surface area contributed by atoms with Crippen LogP contribution >= 0.6 is 0 Å². The van der Waals surface area contributed by atoms with Gasteiger partial charge in [0.1, 0.15) is 11.6 Å². The van der Waals surface area contributed by atoms with Crippen molar-refractivity contribution in [3.05, 3.63) is 23.4 Å². The van der Waals surface area contributed by atoms with Gasteiger partial charge in [-0.1, -0.05) is 0 Å². The second-order valence-corrected chi connectivity index (χ2v) is 2.65. The topological polar surface area (TPSA) is 69.7 Å². The first-order valence-electron chi connectivity index (χ1n) is 3.99. The molecule has 0 saturated heterocycles. The minimum atomic E-state index is -4.91. The maximum Gasteiger partial charge on any atom is 0.574 e. The van der Waals surface area contributed by atoms with Gasteiger partial charge in [0.05, 0.1) is 18.2 Å². The van der Waals surface area contributed by atoms with Crippen LogP contribution < -0.4 is 4.74 Å². The van der Waals surface area contributed by atoms with E-state index in [9.17, 15) is 13.2 Å². The zero-order chi connectivity index (χ0) is 12.2. The summed E-state index contributed by atoms with van der Waals surface area (Å²) in [5.74, 6) is -0.831. The summed E-state index contributed by atoms with van der Waals surface area (Å²) in [6.07, 6.45) is -5.07. The molecule has 1 aromatic rings. The molecule has 7 heteroatoms. The highest BCUT2D eigenvalue weighted by atomic mass is 19.4. The predicted octanol–water partition coefficient (Wildman–Crippen LogP) is 1.92. The number of hydrogen-bond acceptors (Lipinski definition) is 4. The van der Waals surface area contributed by atoms with E-state index in [1.165, 1.54) is 12.1 Å². The number of hydrogen-bond donors (Lipinski definition) is 0. The lowest BCUT2D eigenvalue weighted by atomic mass is 10.2. The van der Waals surface area contributed by atoms with Crippen LogP contribution in [0.4, 0.5) is 13.2 Å². The average molecular weight is 227 g/mol. The fourth-order valence-corrected chi connectivity index (χ4v) is 0.931. The van der Waals surface area contributed by atoms with Gasteiger partial charge in [0.25, 0.3) is 0 Å². The number of nitrogens with zero attached hydrogens (tertiary/aromatic N) is 3. The Labute approximate surface area is 88.5 Å². The summed E-state index contributed by atoms with van der Waals surface area (Å²) in [5.41, 5.74) is -0.222. The molecule has 0 radical (unpaired) electrons. The molecule has 1 rings (SSSR count). The van der Waals surface area contributed by atoms with E-state index in [1.807, 2.05) is 0 Å². The fraction of sp³-hybridized carbons (Fsp3) is 0.222. The second kappa shape index (κ2) is 4.49. The Morgan fingerprint density at radius 3 is 2.50 bits per heavy atom. The van der Waals surface area contributed by atoms with Gasteiger partial charge in [0, 0.05) is 0 Å². The summed E-state index contributed by atoms with van der Waals surface area (Å²) in [5, 5.41) is 16.9. The van der Waals surface area contributed by atoms with Gasteiger partial charge < -0.3 is 4.74 Å². The lowest BCUT2D eigenvalue weighted by molar-refractivity contribution is -0.276. The van der Waals surface area contributed by atoms with Crippen molar-refractivity contribution in [2.24, 2.45) is 0 Å². The van der Waals surface area contributed by atoms with E-state index >= 15 is 0 Å². The maximum absolute atomic E-state index is 11.9. The minimum Gasteiger partial charge on any atom is -0.386 e. The van der Waals surface area contributed by atoms with E-state index < -0.39 is 12.2 Å². The van der Waals surface area contributed by atoms with E-state index in [2.05, 4.69) is 9.72 Å². The van der Waals surface area contributed by atoms with Gasteiger partial charge in [-0.05, 0) is 12.1 Å². The molecule has 0 aliphatic rings. The van der Waals surface area contributed by atoms with Crippen molar-refractivity contribution in [3.63, 3.8) is 0 Å². The molecule has 0 saturated carbocycles. The second-order valence-electron chi connectivity index (χ2n) is 2.65. The lowest BCUT2D eigenvalue weighted by Crippen LogP contribution is -2.19. The molecule has 1 heterocycles. The van der Waals surface area contributed by atoms with Crippen molar-refractivity contribution in [1.29, 1.82) is 10.5 Å². The number of aromatic nitrogens is 1. The van der Waals surface area contributed by atoms with Crippen LogP contribution in [0, 0.1) is 22.7 Å². The van der Waals surface area contributed by atoms with Crippen LogP contribution in [0.5, 0.6) is 5.88 Å². The van der Waals surface area contributed by atoms with Crippen LogP contribution in [0.1, 0.15) is 11.3 Å². The van der Waals surface area contributed by atoms with E-state index in [0.717, 1.165) is 6.07 Å². The SMILES string of the molecule is N#CCc1ccc(C#N)c(OC(F)(F)F)n1. The summed E-state index contributed by atoms with van der Waals surface area (Å²) in [6.45, 7) is 0. The zero-order valence-electron chi connectivity index (χ0n) is 7.75. The van der Waals surface area contributed by atoms with Crippen LogP contribution in [-0.2, 0) is 6.42 Å². The molecule has 0 bridgehead atoms. The Kier molecular flexibility index (Phi) is 3.31. The number of ether oxygens (including phenoxy) is 1. The highest BCUT2D eigenvalue weighted by Crippen LogP contribution is 2.24. The fourth-order valence-electron chi connectivity index (χ4n) is 0.931. The molecule has 1 aromatic heterocycles. The molecule has 0 N–H and O–H groups in total. The van der Waals surface area contributed by atoms with Gasteiger partial charge in [0.15, 0.2) is 0 Å². The summed E-state index contributed by atoms with van der Waals surface area (Å²) in [4.78, 5) is 3.43. The van der Waals surface area contributed by atoms with Crippen LogP contribution in [-0.4, -0.2) is 11.3 Å². The Bertz CT molecular complexity index is 470. The Morgan fingerprint density at radius 2 is 2.00 bits per heavy atom. The summed E-state index contributed by atoms with van der Waals surface area (Å²) in [7, 11) is 0. The normalized spacial score (nSPS) is 10.3. The smallest absolute Gasteiger partial charge is 0.386 e. The third-order valence-electron chi connectivity index (χ3n) is 1.51. The first-order chi connectivity index (χ1) is 7.46. The van der Waals surface area contributed by atoms with Gasteiger partial charge in [-0.3, -0.25) is 0 Å². The minimum absolute atomic E-state index is 0.112. The third kappa shape index (κ3) is 3.14. The first-order valence-corrected chi connectivity index (χ1v) is 3.99. The van der Waals surface area contributed by atoms with E-state index in [1.54, 1.807) is 6.07 Å². The van der Waals surface area contributed by atoms with Crippen LogP contribution in [0.3, 0.4) is 0 Å². The molecule has 0 fully saturated rings. The Morgan fingerprint density at radius 1 is 1.31 bits per heavy atom. The number of halogens is 3. The van der Waals surface area contributed by atoms with E-state index in [-0.39, 0.29) is 17.7 Å². The van der Waals surface area contributed by atoms with E-state index in [4.69, 9.17) is 10.5 Å². The lowest BCUT2D eigenvalue weighted by Gasteiger charge is -2.09. The molecule has 0 aliphatic carbocycles. The predicted molar refractivity (Wildman–Crippen MR) is 45.0 cm³/mol. The zero-order valence-corrected chi connectivity index (χ0v) is 7.75. The molecule has 0 spiro atoms. The molecule has 0 unspecified atom stereocenters. The third-order valence-corrected chi connectivity index (χ3v) is 1.51. The highest BCUT2D eigenvalue weighted by Gasteiger charge is 2.33. The standard InChI is InChI=1S/C9H4F3N3O/c10-9(11,12)16-8-6(5-14)1-2-7(15-8)3-4-13/h1-2H,3H2. The quantitative estimate of drug-likeness (QED) is 0.773. The van der Waals surface area contributed by atoms with Gasteiger partial charge in [-0.2, -0.15) is 10.5 Å². The molecule has 82 valence electrons. The molecule has 0 amide bonds. The van der Waals surface area contributed by atoms with Crippen molar-refractivity contribution >= 4 is 0 Å². The van der Waals surface area contributed by atoms with Crippen molar-refractivity contribution in [1.82, 2.24) is 4.98 Å². The molecule has 0 atom stereocenters. The van der Waals surface area contributed by atoms with E-state index in [0.29, 0.717) is 0 Å². The van der Waals surface area contributed by atoms with Crippen LogP contribution in [0.2, 0.25) is 0 Å². The van der Waals surface area contributed by atoms with Gasteiger partial charge in [-0.15, -0.1) is 13.2 Å². The molecule has 0 aromatic carbocycles. The number of pyridine rings is 1. The van der Waals surface area contributed by atoms with Crippen molar-refractivity contribution in [3.8, 4) is 18.0 Å². The van der Waals surface area contributed by atoms with Crippen LogP contribution in [0.25, 0.3) is 0 Å². The summed E-state index contributed by atoms with van der Waals surface area (Å²) >= 11 is 0. The number of rotatable bonds is 2. The number of nitriles is 2. The van der Waals surface area contributed by atoms with Crippen molar-refractivity contribution in [2.75, 3.05) is 0 Å². The highest BCUT2D eigenvalue weighted by molar-refractivity contribution is 5.39. The molecule has 0 aliphatic heterocycles. The molecule has 4 nitrogen and oxygen atoms in total. The largest absolute Gasteiger partial charge is 0.574 e. The molecule has 16 heavy (non-hydrogen) atoms. The van der Waals surface area contributed by atoms with Gasteiger partial charge in [-0.25, -0.2) is 4.98 Å².